The minimum atomic E-state index is -0.670. The number of esters is 1. The molecule has 0 saturated carbocycles. The van der Waals surface area contributed by atoms with Crippen molar-refractivity contribution in [2.75, 3.05) is 13.2 Å². The lowest BCUT2D eigenvalue weighted by Crippen LogP contribution is -2.45. The van der Waals surface area contributed by atoms with Gasteiger partial charge in [0, 0.05) is 12.8 Å². The number of carbonyl (C=O) groups is 2. The summed E-state index contributed by atoms with van der Waals surface area (Å²) in [6, 6.07) is -0.547. The summed E-state index contributed by atoms with van der Waals surface area (Å²) >= 11 is 0. The van der Waals surface area contributed by atoms with Crippen molar-refractivity contribution in [2.24, 2.45) is 0 Å². The molecule has 0 aromatic heterocycles. The predicted octanol–water partition coefficient (Wildman–Crippen LogP) is 22.7. The van der Waals surface area contributed by atoms with Crippen molar-refractivity contribution < 1.29 is 24.5 Å². The van der Waals surface area contributed by atoms with E-state index in [-0.39, 0.29) is 18.5 Å². The van der Waals surface area contributed by atoms with E-state index in [4.69, 9.17) is 4.74 Å². The Morgan fingerprint density at radius 2 is 0.641 bits per heavy atom. The number of aliphatic hydroxyl groups excluding tert-OH is 2. The van der Waals surface area contributed by atoms with Crippen molar-refractivity contribution in [3.05, 3.63) is 36.5 Å². The van der Waals surface area contributed by atoms with Crippen molar-refractivity contribution in [2.45, 2.75) is 398 Å². The second-order valence-corrected chi connectivity index (χ2v) is 24.2. The van der Waals surface area contributed by atoms with Crippen molar-refractivity contribution >= 4 is 11.9 Å². The highest BCUT2D eigenvalue weighted by Gasteiger charge is 2.20. The molecule has 0 aliphatic rings. The van der Waals surface area contributed by atoms with Crippen LogP contribution < -0.4 is 5.32 Å². The predicted molar refractivity (Wildman–Crippen MR) is 343 cm³/mol. The van der Waals surface area contributed by atoms with Gasteiger partial charge in [0.1, 0.15) is 0 Å². The molecule has 2 atom stereocenters. The van der Waals surface area contributed by atoms with Crippen molar-refractivity contribution in [1.29, 1.82) is 0 Å². The van der Waals surface area contributed by atoms with Gasteiger partial charge in [-0.3, -0.25) is 9.59 Å². The fraction of sp³-hybridized carbons (Fsp3) is 0.889. The summed E-state index contributed by atoms with van der Waals surface area (Å²) in [4.78, 5) is 24.6. The first-order valence-corrected chi connectivity index (χ1v) is 35.2. The number of amides is 1. The standard InChI is InChI=1S/C72H137NO5/c1-3-5-7-9-11-13-15-17-19-21-22-30-33-36-40-44-48-52-56-60-64-70(75)69(68-74)73-71(76)65-61-57-53-49-45-41-37-34-31-28-26-24-23-25-27-29-32-35-39-43-47-51-55-59-63-67-78-72(77)66-62-58-54-50-46-42-38-20-18-16-14-12-10-8-6-4-2/h20,24-27,38,69-70,74-75H,3-19,21-23,28-37,39-68H2,1-2H3,(H,73,76)/b26-24-,27-25-,38-20-. The average Bonchev–Trinajstić information content (AvgIpc) is 3.44. The van der Waals surface area contributed by atoms with Crippen molar-refractivity contribution in [3.63, 3.8) is 0 Å². The van der Waals surface area contributed by atoms with Crippen LogP contribution in [-0.2, 0) is 14.3 Å². The Labute approximate surface area is 487 Å². The maximum Gasteiger partial charge on any atom is 0.305 e. The Bertz CT molecular complexity index is 1260. The van der Waals surface area contributed by atoms with Gasteiger partial charge in [-0.2, -0.15) is 0 Å². The van der Waals surface area contributed by atoms with Crippen LogP contribution in [0, 0.1) is 0 Å². The molecule has 1 amide bonds. The van der Waals surface area contributed by atoms with Crippen molar-refractivity contribution in [1.82, 2.24) is 5.32 Å². The minimum absolute atomic E-state index is 0.00219. The van der Waals surface area contributed by atoms with Gasteiger partial charge >= 0.3 is 5.97 Å². The number of hydrogen-bond acceptors (Lipinski definition) is 5. The molecular weight excluding hydrogens is 959 g/mol. The number of aliphatic hydroxyl groups is 2. The van der Waals surface area contributed by atoms with Gasteiger partial charge in [0.05, 0.1) is 25.4 Å². The molecule has 460 valence electrons. The molecule has 3 N–H and O–H groups in total. The largest absolute Gasteiger partial charge is 0.466 e. The van der Waals surface area contributed by atoms with E-state index >= 15 is 0 Å². The zero-order chi connectivity index (χ0) is 56.4. The molecule has 0 bridgehead atoms. The molecule has 0 aromatic rings. The molecule has 0 saturated heterocycles. The van der Waals surface area contributed by atoms with Crippen LogP contribution in [0.15, 0.2) is 36.5 Å². The summed E-state index contributed by atoms with van der Waals surface area (Å²) in [5.41, 5.74) is 0. The molecule has 0 aromatic carbocycles. The van der Waals surface area contributed by atoms with Crippen LogP contribution in [0.1, 0.15) is 386 Å². The first-order valence-electron chi connectivity index (χ1n) is 35.2. The molecule has 0 aliphatic heterocycles. The lowest BCUT2D eigenvalue weighted by molar-refractivity contribution is -0.143. The number of rotatable bonds is 66. The summed E-state index contributed by atoms with van der Waals surface area (Å²) < 4.78 is 5.49. The highest BCUT2D eigenvalue weighted by atomic mass is 16.5. The Kier molecular flexibility index (Phi) is 65.9. The molecule has 0 rings (SSSR count). The van der Waals surface area contributed by atoms with Gasteiger partial charge in [0.2, 0.25) is 5.91 Å². The van der Waals surface area contributed by atoms with Crippen LogP contribution in [0.2, 0.25) is 0 Å². The van der Waals surface area contributed by atoms with Gasteiger partial charge in [-0.25, -0.2) is 0 Å². The van der Waals surface area contributed by atoms with E-state index < -0.39 is 12.1 Å². The van der Waals surface area contributed by atoms with E-state index in [1.54, 1.807) is 0 Å². The zero-order valence-corrected chi connectivity index (χ0v) is 52.7. The van der Waals surface area contributed by atoms with Gasteiger partial charge in [-0.15, -0.1) is 0 Å². The molecule has 2 unspecified atom stereocenters. The van der Waals surface area contributed by atoms with E-state index in [9.17, 15) is 19.8 Å². The summed E-state index contributed by atoms with van der Waals surface area (Å²) in [5.74, 6) is -0.0355. The van der Waals surface area contributed by atoms with E-state index in [0.717, 1.165) is 51.4 Å². The molecule has 0 heterocycles. The van der Waals surface area contributed by atoms with Crippen LogP contribution in [-0.4, -0.2) is 47.4 Å². The number of ether oxygens (including phenoxy) is 1. The molecule has 6 heteroatoms. The Hall–Kier alpha value is -1.92. The van der Waals surface area contributed by atoms with Crippen LogP contribution in [0.3, 0.4) is 0 Å². The molecule has 78 heavy (non-hydrogen) atoms. The van der Waals surface area contributed by atoms with Crippen LogP contribution in [0.4, 0.5) is 0 Å². The first-order chi connectivity index (χ1) is 38.5. The maximum absolute atomic E-state index is 12.5. The van der Waals surface area contributed by atoms with Crippen molar-refractivity contribution in [3.8, 4) is 0 Å². The Morgan fingerprint density at radius 1 is 0.359 bits per heavy atom. The molecule has 0 radical (unpaired) electrons. The molecule has 0 fully saturated rings. The van der Waals surface area contributed by atoms with Crippen LogP contribution >= 0.6 is 0 Å². The monoisotopic (exact) mass is 1100 g/mol. The quantitative estimate of drug-likeness (QED) is 0.0320. The van der Waals surface area contributed by atoms with Gasteiger partial charge in [-0.05, 0) is 83.5 Å². The highest BCUT2D eigenvalue weighted by Crippen LogP contribution is 2.18. The third-order valence-corrected chi connectivity index (χ3v) is 16.4. The summed E-state index contributed by atoms with van der Waals surface area (Å²) in [6.07, 6.45) is 86.1. The number of hydrogen-bond donors (Lipinski definition) is 3. The highest BCUT2D eigenvalue weighted by molar-refractivity contribution is 5.76. The molecule has 6 nitrogen and oxygen atoms in total. The van der Waals surface area contributed by atoms with Gasteiger partial charge in [0.15, 0.2) is 0 Å². The zero-order valence-electron chi connectivity index (χ0n) is 52.7. The van der Waals surface area contributed by atoms with Crippen LogP contribution in [0.25, 0.3) is 0 Å². The second kappa shape index (κ2) is 67.6. The Balaban J connectivity index is 3.43. The van der Waals surface area contributed by atoms with E-state index in [2.05, 4.69) is 55.6 Å². The normalized spacial score (nSPS) is 12.7. The third-order valence-electron chi connectivity index (χ3n) is 16.4. The molecule has 0 spiro atoms. The third kappa shape index (κ3) is 63.3. The lowest BCUT2D eigenvalue weighted by atomic mass is 10.0. The minimum Gasteiger partial charge on any atom is -0.466 e. The van der Waals surface area contributed by atoms with E-state index in [0.29, 0.717) is 25.9 Å². The second-order valence-electron chi connectivity index (χ2n) is 24.2. The smallest absolute Gasteiger partial charge is 0.305 e. The molecule has 0 aliphatic carbocycles. The van der Waals surface area contributed by atoms with Crippen LogP contribution in [0.5, 0.6) is 0 Å². The summed E-state index contributed by atoms with van der Waals surface area (Å²) in [6.45, 7) is 4.97. The summed E-state index contributed by atoms with van der Waals surface area (Å²) in [7, 11) is 0. The lowest BCUT2D eigenvalue weighted by Gasteiger charge is -2.22. The fourth-order valence-electron chi connectivity index (χ4n) is 11.0. The number of allylic oxidation sites excluding steroid dienone is 6. The average molecular weight is 1100 g/mol. The fourth-order valence-corrected chi connectivity index (χ4v) is 11.0. The van der Waals surface area contributed by atoms with Gasteiger partial charge in [-0.1, -0.05) is 326 Å². The number of nitrogens with one attached hydrogen (secondary N) is 1. The maximum atomic E-state index is 12.5. The van der Waals surface area contributed by atoms with E-state index in [1.165, 1.54) is 302 Å². The molecular formula is C72H137NO5. The SMILES string of the molecule is CCCCCCCCC/C=C\CCCCCCCC(=O)OCCCCCCCCCCC/C=C\C/C=C\CCCCCCCCCCCC(=O)NC(CO)C(O)CCCCCCCCCCCCCCCCCCCCCC. The number of unbranched alkanes of at least 4 members (excludes halogenated alkanes) is 49. The van der Waals surface area contributed by atoms with Gasteiger partial charge < -0.3 is 20.3 Å². The van der Waals surface area contributed by atoms with E-state index in [1.807, 2.05) is 0 Å². The topological polar surface area (TPSA) is 95.9 Å². The Morgan fingerprint density at radius 3 is 0.987 bits per heavy atom. The first kappa shape index (κ1) is 76.1. The summed E-state index contributed by atoms with van der Waals surface area (Å²) in [5, 5.41) is 23.4. The number of carbonyl (C=O) groups excluding carboxylic acids is 2. The van der Waals surface area contributed by atoms with Gasteiger partial charge in [0.25, 0.3) is 0 Å².